The molecule has 0 aliphatic heterocycles. The number of halogens is 3. The quantitative estimate of drug-likeness (QED) is 0.293. The van der Waals surface area contributed by atoms with Crippen molar-refractivity contribution in [2.45, 2.75) is 25.7 Å². The zero-order valence-corrected chi connectivity index (χ0v) is 17.4. The SMILES string of the molecule is CC.Cc1nc(Cl)nc(Nc2cc(Nc3cc(F)nc(F)n3)ccc2S(=O)(=O)O)n1. The highest BCUT2D eigenvalue weighted by Crippen LogP contribution is 2.28. The first-order valence-corrected chi connectivity index (χ1v) is 10.2. The Morgan fingerprint density at radius 2 is 1.70 bits per heavy atom. The lowest BCUT2D eigenvalue weighted by molar-refractivity contribution is 0.483. The Kier molecular flexibility index (Phi) is 7.48. The van der Waals surface area contributed by atoms with E-state index < -0.39 is 27.0 Å². The molecule has 0 saturated heterocycles. The standard InChI is InChI=1S/C14H10ClF2N7O3S.C2H6/c1-6-18-12(15)24-14(19-6)21-8-4-7(2-3-9(8)28(25,26)27)20-11-5-10(16)22-13(17)23-11;1-2/h2-5H,1H3,(H,20,22,23)(H,25,26,27)(H,18,19,21,24);1-2H3. The van der Waals surface area contributed by atoms with Crippen molar-refractivity contribution in [3.63, 3.8) is 0 Å². The Morgan fingerprint density at radius 1 is 1.00 bits per heavy atom. The monoisotopic (exact) mass is 459 g/mol. The highest BCUT2D eigenvalue weighted by Gasteiger charge is 2.18. The van der Waals surface area contributed by atoms with Crippen LogP contribution in [0.4, 0.5) is 31.9 Å². The normalized spacial score (nSPS) is 10.8. The molecule has 0 radical (unpaired) electrons. The second kappa shape index (κ2) is 9.65. The number of nitrogens with one attached hydrogen (secondary N) is 2. The van der Waals surface area contributed by atoms with Gasteiger partial charge in [-0.3, -0.25) is 4.55 Å². The van der Waals surface area contributed by atoms with Crippen LogP contribution in [0.15, 0.2) is 29.2 Å². The lowest BCUT2D eigenvalue weighted by atomic mass is 10.2. The van der Waals surface area contributed by atoms with E-state index in [1.165, 1.54) is 12.1 Å². The summed E-state index contributed by atoms with van der Waals surface area (Å²) in [7, 11) is -4.62. The van der Waals surface area contributed by atoms with Gasteiger partial charge in [-0.1, -0.05) is 13.8 Å². The number of nitrogens with zero attached hydrogens (tertiary/aromatic N) is 5. The summed E-state index contributed by atoms with van der Waals surface area (Å²) < 4.78 is 59.0. The molecule has 0 atom stereocenters. The maximum absolute atomic E-state index is 13.2. The summed E-state index contributed by atoms with van der Waals surface area (Å²) in [5.74, 6) is -1.14. The fourth-order valence-corrected chi connectivity index (χ4v) is 2.99. The van der Waals surface area contributed by atoms with Crippen LogP contribution in [0.5, 0.6) is 0 Å². The molecular formula is C16H16ClF2N7O3S. The second-order valence-corrected chi connectivity index (χ2v) is 6.98. The Labute approximate surface area is 175 Å². The third kappa shape index (κ3) is 6.23. The van der Waals surface area contributed by atoms with Gasteiger partial charge in [-0.2, -0.15) is 37.1 Å². The van der Waals surface area contributed by atoms with E-state index in [9.17, 15) is 21.8 Å². The van der Waals surface area contributed by atoms with Crippen LogP contribution in [0, 0.1) is 18.9 Å². The van der Waals surface area contributed by atoms with Crippen LogP contribution in [0.1, 0.15) is 19.7 Å². The van der Waals surface area contributed by atoms with Crippen LogP contribution in [-0.2, 0) is 10.1 Å². The third-order valence-corrected chi connectivity index (χ3v) is 4.24. The van der Waals surface area contributed by atoms with Crippen LogP contribution in [-0.4, -0.2) is 37.9 Å². The number of anilines is 4. The van der Waals surface area contributed by atoms with Gasteiger partial charge in [0.2, 0.25) is 17.2 Å². The molecule has 30 heavy (non-hydrogen) atoms. The maximum Gasteiger partial charge on any atom is 0.313 e. The van der Waals surface area contributed by atoms with Crippen molar-refractivity contribution in [1.82, 2.24) is 24.9 Å². The van der Waals surface area contributed by atoms with Crippen LogP contribution in [0.25, 0.3) is 0 Å². The highest BCUT2D eigenvalue weighted by molar-refractivity contribution is 7.86. The highest BCUT2D eigenvalue weighted by atomic mass is 35.5. The van der Waals surface area contributed by atoms with E-state index in [1.54, 1.807) is 6.92 Å². The minimum atomic E-state index is -4.62. The van der Waals surface area contributed by atoms with Gasteiger partial charge < -0.3 is 10.6 Å². The minimum Gasteiger partial charge on any atom is -0.340 e. The molecular weight excluding hydrogens is 444 g/mol. The molecule has 0 bridgehead atoms. The van der Waals surface area contributed by atoms with Crippen molar-refractivity contribution in [1.29, 1.82) is 0 Å². The predicted octanol–water partition coefficient (Wildman–Crippen LogP) is 3.66. The molecule has 1 aromatic carbocycles. The Bertz CT molecular complexity index is 1130. The van der Waals surface area contributed by atoms with Crippen molar-refractivity contribution in [3.05, 3.63) is 47.4 Å². The largest absolute Gasteiger partial charge is 0.340 e. The fraction of sp³-hybridized carbons (Fsp3) is 0.188. The zero-order chi connectivity index (χ0) is 22.5. The van der Waals surface area contributed by atoms with E-state index >= 15 is 0 Å². The first-order valence-electron chi connectivity index (χ1n) is 8.34. The van der Waals surface area contributed by atoms with Gasteiger partial charge in [0, 0.05) is 11.8 Å². The first-order chi connectivity index (χ1) is 14.1. The van der Waals surface area contributed by atoms with E-state index in [-0.39, 0.29) is 34.2 Å². The van der Waals surface area contributed by atoms with Crippen LogP contribution in [0.3, 0.4) is 0 Å². The topological polar surface area (TPSA) is 143 Å². The molecule has 0 saturated carbocycles. The van der Waals surface area contributed by atoms with E-state index in [4.69, 9.17) is 11.6 Å². The number of aryl methyl sites for hydroxylation is 1. The van der Waals surface area contributed by atoms with Crippen molar-refractivity contribution < 1.29 is 21.8 Å². The maximum atomic E-state index is 13.2. The molecule has 3 N–H and O–H groups in total. The van der Waals surface area contributed by atoms with Gasteiger partial charge in [0.05, 0.1) is 5.69 Å². The molecule has 160 valence electrons. The average Bonchev–Trinajstić information content (AvgIpc) is 2.61. The number of hydrogen-bond acceptors (Lipinski definition) is 9. The minimum absolute atomic E-state index is 0.0846. The summed E-state index contributed by atoms with van der Waals surface area (Å²) in [5.41, 5.74) is 0.0495. The molecule has 2 heterocycles. The Morgan fingerprint density at radius 3 is 2.30 bits per heavy atom. The molecule has 0 aliphatic carbocycles. The van der Waals surface area contributed by atoms with Gasteiger partial charge in [-0.15, -0.1) is 0 Å². The number of aromatic nitrogens is 5. The van der Waals surface area contributed by atoms with Gasteiger partial charge in [-0.05, 0) is 36.7 Å². The van der Waals surface area contributed by atoms with Crippen molar-refractivity contribution in [2.75, 3.05) is 10.6 Å². The predicted molar refractivity (Wildman–Crippen MR) is 106 cm³/mol. The van der Waals surface area contributed by atoms with Crippen LogP contribution in [0.2, 0.25) is 5.28 Å². The van der Waals surface area contributed by atoms with E-state index in [0.29, 0.717) is 0 Å². The van der Waals surface area contributed by atoms with Gasteiger partial charge in [0.15, 0.2) is 0 Å². The van der Waals surface area contributed by atoms with Crippen LogP contribution < -0.4 is 10.6 Å². The average molecular weight is 460 g/mol. The molecule has 0 spiro atoms. The molecule has 0 fully saturated rings. The van der Waals surface area contributed by atoms with Crippen molar-refractivity contribution >= 4 is 44.9 Å². The zero-order valence-electron chi connectivity index (χ0n) is 15.9. The molecule has 10 nitrogen and oxygen atoms in total. The van der Waals surface area contributed by atoms with Crippen molar-refractivity contribution in [3.8, 4) is 0 Å². The van der Waals surface area contributed by atoms with Gasteiger partial charge in [-0.25, -0.2) is 4.98 Å². The molecule has 3 aromatic rings. The summed E-state index contributed by atoms with van der Waals surface area (Å²) >= 11 is 5.75. The summed E-state index contributed by atoms with van der Waals surface area (Å²) in [6, 6.07) is 4.37. The van der Waals surface area contributed by atoms with E-state index in [2.05, 4.69) is 35.6 Å². The molecule has 0 aliphatic rings. The van der Waals surface area contributed by atoms with Gasteiger partial charge >= 0.3 is 6.08 Å². The second-order valence-electron chi connectivity index (χ2n) is 5.26. The fourth-order valence-electron chi connectivity index (χ4n) is 2.16. The number of hydrogen-bond donors (Lipinski definition) is 3. The molecule has 0 unspecified atom stereocenters. The Balaban J connectivity index is 0.00000155. The lowest BCUT2D eigenvalue weighted by Crippen LogP contribution is -2.07. The molecule has 0 amide bonds. The number of benzene rings is 1. The lowest BCUT2D eigenvalue weighted by Gasteiger charge is -2.12. The van der Waals surface area contributed by atoms with Crippen molar-refractivity contribution in [2.24, 2.45) is 0 Å². The summed E-state index contributed by atoms with van der Waals surface area (Å²) in [6.45, 7) is 5.54. The Hall–Kier alpha value is -3.03. The van der Waals surface area contributed by atoms with Crippen LogP contribution >= 0.6 is 11.6 Å². The molecule has 3 rings (SSSR count). The smallest absolute Gasteiger partial charge is 0.313 e. The molecule has 2 aromatic heterocycles. The van der Waals surface area contributed by atoms with E-state index in [0.717, 1.165) is 12.1 Å². The number of rotatable bonds is 5. The first kappa shape index (κ1) is 23.3. The van der Waals surface area contributed by atoms with Gasteiger partial charge in [0.1, 0.15) is 16.5 Å². The third-order valence-electron chi connectivity index (χ3n) is 3.16. The summed E-state index contributed by atoms with van der Waals surface area (Å²) in [4.78, 5) is 17.3. The summed E-state index contributed by atoms with van der Waals surface area (Å²) in [6.07, 6.45) is -1.29. The summed E-state index contributed by atoms with van der Waals surface area (Å²) in [5, 5.41) is 5.05. The van der Waals surface area contributed by atoms with E-state index in [1.807, 2.05) is 13.8 Å². The van der Waals surface area contributed by atoms with Gasteiger partial charge in [0.25, 0.3) is 10.1 Å². The molecule has 14 heteroatoms.